The maximum Gasteiger partial charge on any atom is 0.314 e. The van der Waals surface area contributed by atoms with Crippen LogP contribution in [0, 0.1) is 5.82 Å². The van der Waals surface area contributed by atoms with E-state index >= 15 is 0 Å². The van der Waals surface area contributed by atoms with Crippen molar-refractivity contribution in [3.8, 4) is 0 Å². The molecule has 3 nitrogen and oxygen atoms in total. The number of halogens is 1. The van der Waals surface area contributed by atoms with Crippen molar-refractivity contribution in [2.45, 2.75) is 31.1 Å². The molecule has 1 fully saturated rings. The fourth-order valence-electron chi connectivity index (χ4n) is 2.64. The average Bonchev–Trinajstić information content (AvgIpc) is 2.79. The van der Waals surface area contributed by atoms with Crippen molar-refractivity contribution in [3.05, 3.63) is 35.1 Å². The largest absolute Gasteiger partial charge is 0.481 e. The highest BCUT2D eigenvalue weighted by Gasteiger charge is 2.44. The second-order valence-electron chi connectivity index (χ2n) is 4.44. The van der Waals surface area contributed by atoms with Gasteiger partial charge in [0.2, 0.25) is 0 Å². The number of rotatable bonds is 3. The van der Waals surface area contributed by atoms with Crippen LogP contribution >= 0.6 is 0 Å². The minimum Gasteiger partial charge on any atom is -0.481 e. The molecule has 0 unspecified atom stereocenters. The smallest absolute Gasteiger partial charge is 0.314 e. The Labute approximate surface area is 98.3 Å². The third-order valence-electron chi connectivity index (χ3n) is 3.52. The van der Waals surface area contributed by atoms with Crippen LogP contribution in [0.15, 0.2) is 18.2 Å². The van der Waals surface area contributed by atoms with Gasteiger partial charge in [0.25, 0.3) is 0 Å². The molecule has 1 aliphatic carbocycles. The van der Waals surface area contributed by atoms with Gasteiger partial charge in [0.15, 0.2) is 0 Å². The molecule has 90 valence electrons. The van der Waals surface area contributed by atoms with E-state index in [2.05, 4.69) is 0 Å². The fraction of sp³-hybridized carbons (Fsp3) is 0.385. The van der Waals surface area contributed by atoms with Crippen LogP contribution in [0.3, 0.4) is 0 Å². The summed E-state index contributed by atoms with van der Waals surface area (Å²) in [6.07, 6.45) is 3.19. The van der Waals surface area contributed by atoms with Gasteiger partial charge in [-0.15, -0.1) is 0 Å². The third kappa shape index (κ3) is 1.84. The summed E-state index contributed by atoms with van der Waals surface area (Å²) in [7, 11) is 0. The van der Waals surface area contributed by atoms with Gasteiger partial charge in [-0.2, -0.15) is 0 Å². The van der Waals surface area contributed by atoms with Crippen molar-refractivity contribution >= 4 is 12.3 Å². The number of hydrogen-bond donors (Lipinski definition) is 1. The topological polar surface area (TPSA) is 54.4 Å². The molecule has 0 aliphatic heterocycles. The zero-order chi connectivity index (χ0) is 12.5. The summed E-state index contributed by atoms with van der Waals surface area (Å²) < 4.78 is 13.0. The van der Waals surface area contributed by atoms with Gasteiger partial charge >= 0.3 is 5.97 Å². The maximum atomic E-state index is 13.0. The monoisotopic (exact) mass is 236 g/mol. The van der Waals surface area contributed by atoms with E-state index in [0.29, 0.717) is 24.7 Å². The van der Waals surface area contributed by atoms with Gasteiger partial charge in [0, 0.05) is 5.56 Å². The molecular formula is C13H13FO3. The van der Waals surface area contributed by atoms with Gasteiger partial charge in [-0.05, 0) is 30.5 Å². The zero-order valence-electron chi connectivity index (χ0n) is 9.28. The van der Waals surface area contributed by atoms with Gasteiger partial charge < -0.3 is 5.11 Å². The molecule has 0 heterocycles. The van der Waals surface area contributed by atoms with E-state index in [1.807, 2.05) is 0 Å². The highest BCUT2D eigenvalue weighted by Crippen LogP contribution is 2.42. The summed E-state index contributed by atoms with van der Waals surface area (Å²) in [5.74, 6) is -1.45. The fourth-order valence-corrected chi connectivity index (χ4v) is 2.64. The molecule has 4 heteroatoms. The van der Waals surface area contributed by atoms with Crippen molar-refractivity contribution in [2.24, 2.45) is 0 Å². The molecule has 0 bridgehead atoms. The van der Waals surface area contributed by atoms with E-state index < -0.39 is 17.2 Å². The van der Waals surface area contributed by atoms with Gasteiger partial charge in [-0.3, -0.25) is 9.59 Å². The molecule has 1 aliphatic rings. The SMILES string of the molecule is O=Cc1cc(F)ccc1C1(C(=O)O)CCCC1. The first-order chi connectivity index (χ1) is 8.10. The summed E-state index contributed by atoms with van der Waals surface area (Å²) in [6.45, 7) is 0. The van der Waals surface area contributed by atoms with Crippen molar-refractivity contribution in [1.82, 2.24) is 0 Å². The van der Waals surface area contributed by atoms with Gasteiger partial charge in [0.1, 0.15) is 12.1 Å². The lowest BCUT2D eigenvalue weighted by Gasteiger charge is -2.25. The van der Waals surface area contributed by atoms with E-state index in [0.717, 1.165) is 18.9 Å². The standard InChI is InChI=1S/C13H13FO3/c14-10-3-4-11(9(7-10)8-15)13(12(16)17)5-1-2-6-13/h3-4,7-8H,1-2,5-6H2,(H,16,17). The Balaban J connectivity index is 2.57. The number of benzene rings is 1. The highest BCUT2D eigenvalue weighted by molar-refractivity contribution is 5.87. The van der Waals surface area contributed by atoms with Crippen LogP contribution < -0.4 is 0 Å². The lowest BCUT2D eigenvalue weighted by atomic mass is 9.77. The molecule has 0 saturated heterocycles. The predicted molar refractivity (Wildman–Crippen MR) is 59.6 cm³/mol. The highest BCUT2D eigenvalue weighted by atomic mass is 19.1. The van der Waals surface area contributed by atoms with Crippen LogP contribution in [-0.2, 0) is 10.2 Å². The number of carboxylic acids is 1. The van der Waals surface area contributed by atoms with Crippen molar-refractivity contribution in [1.29, 1.82) is 0 Å². The Hall–Kier alpha value is -1.71. The van der Waals surface area contributed by atoms with E-state index in [-0.39, 0.29) is 5.56 Å². The Morgan fingerprint density at radius 2 is 2.00 bits per heavy atom. The van der Waals surface area contributed by atoms with E-state index in [1.165, 1.54) is 12.1 Å². The second-order valence-corrected chi connectivity index (χ2v) is 4.44. The number of carboxylic acid groups (broad SMARTS) is 1. The quantitative estimate of drug-likeness (QED) is 0.820. The molecule has 17 heavy (non-hydrogen) atoms. The first-order valence-electron chi connectivity index (χ1n) is 5.59. The van der Waals surface area contributed by atoms with E-state index in [9.17, 15) is 19.1 Å². The molecule has 0 spiro atoms. The molecule has 0 amide bonds. The number of carbonyl (C=O) groups excluding carboxylic acids is 1. The summed E-state index contributed by atoms with van der Waals surface area (Å²) in [6, 6.07) is 3.75. The Morgan fingerprint density at radius 1 is 1.35 bits per heavy atom. The number of aldehydes is 1. The van der Waals surface area contributed by atoms with Crippen LogP contribution in [0.5, 0.6) is 0 Å². The third-order valence-corrected chi connectivity index (χ3v) is 3.52. The lowest BCUT2D eigenvalue weighted by Crippen LogP contribution is -2.33. The van der Waals surface area contributed by atoms with Crippen molar-refractivity contribution in [2.75, 3.05) is 0 Å². The summed E-state index contributed by atoms with van der Waals surface area (Å²) in [5.41, 5.74) is -0.419. The molecule has 1 aromatic carbocycles. The average molecular weight is 236 g/mol. The van der Waals surface area contributed by atoms with Crippen LogP contribution in [-0.4, -0.2) is 17.4 Å². The summed E-state index contributed by atoms with van der Waals surface area (Å²) in [4.78, 5) is 22.4. The molecule has 2 rings (SSSR count). The van der Waals surface area contributed by atoms with Gasteiger partial charge in [0.05, 0.1) is 5.41 Å². The van der Waals surface area contributed by atoms with Gasteiger partial charge in [-0.25, -0.2) is 4.39 Å². The predicted octanol–water partition coefficient (Wildman–Crippen LogP) is 2.53. The Bertz CT molecular complexity index is 462. The van der Waals surface area contributed by atoms with Crippen LogP contribution in [0.1, 0.15) is 41.6 Å². The minimum absolute atomic E-state index is 0.148. The van der Waals surface area contributed by atoms with Crippen LogP contribution in [0.4, 0.5) is 4.39 Å². The second kappa shape index (κ2) is 4.28. The van der Waals surface area contributed by atoms with E-state index in [1.54, 1.807) is 0 Å². The number of aliphatic carboxylic acids is 1. The lowest BCUT2D eigenvalue weighted by molar-refractivity contribution is -0.143. The molecule has 0 radical (unpaired) electrons. The number of carbonyl (C=O) groups is 2. The van der Waals surface area contributed by atoms with Crippen LogP contribution in [0.2, 0.25) is 0 Å². The first-order valence-corrected chi connectivity index (χ1v) is 5.59. The molecule has 1 saturated carbocycles. The molecular weight excluding hydrogens is 223 g/mol. The Morgan fingerprint density at radius 3 is 2.53 bits per heavy atom. The molecule has 1 N–H and O–H groups in total. The zero-order valence-corrected chi connectivity index (χ0v) is 9.28. The van der Waals surface area contributed by atoms with Crippen LogP contribution in [0.25, 0.3) is 0 Å². The maximum absolute atomic E-state index is 13.0. The van der Waals surface area contributed by atoms with Gasteiger partial charge in [-0.1, -0.05) is 18.9 Å². The number of hydrogen-bond acceptors (Lipinski definition) is 2. The molecule has 0 aromatic heterocycles. The molecule has 1 aromatic rings. The van der Waals surface area contributed by atoms with E-state index in [4.69, 9.17) is 0 Å². The van der Waals surface area contributed by atoms with Crippen molar-refractivity contribution < 1.29 is 19.1 Å². The minimum atomic E-state index is -1.01. The first kappa shape index (κ1) is 11.8. The Kier molecular flexibility index (Phi) is 2.96. The normalized spacial score (nSPS) is 17.9. The molecule has 0 atom stereocenters. The summed E-state index contributed by atoms with van der Waals surface area (Å²) >= 11 is 0. The summed E-state index contributed by atoms with van der Waals surface area (Å²) in [5, 5.41) is 9.40. The van der Waals surface area contributed by atoms with Crippen molar-refractivity contribution in [3.63, 3.8) is 0 Å².